The van der Waals surface area contributed by atoms with Gasteiger partial charge in [-0.25, -0.2) is 0 Å². The van der Waals surface area contributed by atoms with Crippen molar-refractivity contribution in [2.24, 2.45) is 0 Å². The van der Waals surface area contributed by atoms with Crippen molar-refractivity contribution in [2.75, 3.05) is 0 Å². The molecule has 4 aromatic carbocycles. The van der Waals surface area contributed by atoms with Gasteiger partial charge >= 0.3 is 22.4 Å². The summed E-state index contributed by atoms with van der Waals surface area (Å²) in [5.41, 5.74) is 15.9. The van der Waals surface area contributed by atoms with Crippen LogP contribution in [-0.4, -0.2) is 4.98 Å². The van der Waals surface area contributed by atoms with Crippen molar-refractivity contribution in [1.82, 2.24) is 9.97 Å². The van der Waals surface area contributed by atoms with Gasteiger partial charge in [-0.1, -0.05) is 117 Å². The molecule has 226 valence electrons. The van der Waals surface area contributed by atoms with Gasteiger partial charge in [-0.05, 0) is 38.8 Å². The minimum atomic E-state index is -0.0193. The molecule has 0 aliphatic heterocycles. The molecule has 2 nitrogen and oxygen atoms in total. The summed E-state index contributed by atoms with van der Waals surface area (Å²) in [7, 11) is 0. The molecule has 0 fully saturated rings. The molecular formula is C41H41AuN2. The van der Waals surface area contributed by atoms with Gasteiger partial charge in [0.25, 0.3) is 0 Å². The summed E-state index contributed by atoms with van der Waals surface area (Å²) >= 11 is 0. The smallest absolute Gasteiger partial charge is 0.663 e. The summed E-state index contributed by atoms with van der Waals surface area (Å²) in [5, 5.41) is 2.44. The Hall–Kier alpha value is -3.43. The van der Waals surface area contributed by atoms with Gasteiger partial charge in [-0.2, -0.15) is 28.8 Å². The zero-order valence-corrected chi connectivity index (χ0v) is 29.7. The van der Waals surface area contributed by atoms with E-state index in [4.69, 9.17) is 4.98 Å². The van der Waals surface area contributed by atoms with Gasteiger partial charge in [0.15, 0.2) is 0 Å². The van der Waals surface area contributed by atoms with E-state index in [1.54, 1.807) is 0 Å². The molecule has 0 N–H and O–H groups in total. The predicted octanol–water partition coefficient (Wildman–Crippen LogP) is 10.8. The molecule has 0 amide bonds. The van der Waals surface area contributed by atoms with E-state index >= 15 is 0 Å². The number of aryl methyl sites for hydroxylation is 4. The molecule has 6 aromatic rings. The third-order valence-corrected chi connectivity index (χ3v) is 8.74. The monoisotopic (exact) mass is 758 g/mol. The van der Waals surface area contributed by atoms with Crippen LogP contribution in [0.1, 0.15) is 74.9 Å². The third-order valence-electron chi connectivity index (χ3n) is 8.74. The van der Waals surface area contributed by atoms with Crippen molar-refractivity contribution in [3.05, 3.63) is 112 Å². The number of hydrogen-bond donors (Lipinski definition) is 0. The molecule has 0 aliphatic rings. The van der Waals surface area contributed by atoms with Gasteiger partial charge in [-0.3, -0.25) is 4.98 Å². The Morgan fingerprint density at radius 1 is 0.591 bits per heavy atom. The van der Waals surface area contributed by atoms with E-state index in [1.807, 2.05) is 18.3 Å². The maximum absolute atomic E-state index is 5.25. The molecule has 0 radical (unpaired) electrons. The Labute approximate surface area is 278 Å². The molecule has 3 heteroatoms. The first-order valence-electron chi connectivity index (χ1n) is 15.3. The maximum atomic E-state index is 5.25. The minimum absolute atomic E-state index is 0. The Morgan fingerprint density at radius 2 is 1.16 bits per heavy atom. The number of pyridine rings is 1. The van der Waals surface area contributed by atoms with Crippen molar-refractivity contribution in [3.63, 3.8) is 0 Å². The Kier molecular flexibility index (Phi) is 8.35. The van der Waals surface area contributed by atoms with E-state index < -0.39 is 0 Å². The summed E-state index contributed by atoms with van der Waals surface area (Å²) < 4.78 is 0. The van der Waals surface area contributed by atoms with E-state index in [9.17, 15) is 0 Å². The number of aromatic nitrogens is 2. The average Bonchev–Trinajstić information content (AvgIpc) is 3.31. The zero-order chi connectivity index (χ0) is 30.8. The second-order valence-electron chi connectivity index (χ2n) is 14.2. The maximum Gasteiger partial charge on any atom is 3.00 e. The number of benzene rings is 4. The molecule has 0 saturated heterocycles. The molecule has 44 heavy (non-hydrogen) atoms. The molecule has 2 aromatic heterocycles. The van der Waals surface area contributed by atoms with Crippen LogP contribution in [0.25, 0.3) is 55.3 Å². The Bertz CT molecular complexity index is 2020. The van der Waals surface area contributed by atoms with Crippen LogP contribution in [0.3, 0.4) is 0 Å². The summed E-state index contributed by atoms with van der Waals surface area (Å²) in [6.45, 7) is 22.4. The quantitative estimate of drug-likeness (QED) is 0.133. The average molecular weight is 759 g/mol. The van der Waals surface area contributed by atoms with Crippen molar-refractivity contribution < 1.29 is 22.4 Å². The zero-order valence-electron chi connectivity index (χ0n) is 27.5. The summed E-state index contributed by atoms with van der Waals surface area (Å²) in [5.74, 6) is 0. The first-order chi connectivity index (χ1) is 20.2. The van der Waals surface area contributed by atoms with Gasteiger partial charge in [0.05, 0.1) is 0 Å². The van der Waals surface area contributed by atoms with Crippen LogP contribution in [0, 0.1) is 39.8 Å². The van der Waals surface area contributed by atoms with E-state index in [1.165, 1.54) is 44.2 Å². The van der Waals surface area contributed by atoms with Crippen molar-refractivity contribution >= 4 is 21.8 Å². The van der Waals surface area contributed by atoms with Crippen LogP contribution in [-0.2, 0) is 33.2 Å². The molecule has 0 unspecified atom stereocenters. The third kappa shape index (κ3) is 5.72. The van der Waals surface area contributed by atoms with Gasteiger partial charge in [0.1, 0.15) is 0 Å². The van der Waals surface area contributed by atoms with E-state index in [0.29, 0.717) is 0 Å². The number of nitrogens with zero attached hydrogens (tertiary/aromatic N) is 2. The number of rotatable bonds is 3. The Morgan fingerprint density at radius 3 is 1.75 bits per heavy atom. The summed E-state index contributed by atoms with van der Waals surface area (Å²) in [6.07, 6.45) is 1.85. The molecule has 0 spiro atoms. The fraction of sp³-hybridized carbons (Fsp3) is 0.293. The van der Waals surface area contributed by atoms with E-state index in [2.05, 4.69) is 135 Å². The van der Waals surface area contributed by atoms with Crippen LogP contribution in [0.5, 0.6) is 0 Å². The summed E-state index contributed by atoms with van der Waals surface area (Å²) in [6, 6.07) is 29.7. The normalized spacial score (nSPS) is 12.1. The molecule has 6 rings (SSSR count). The predicted molar refractivity (Wildman–Crippen MR) is 183 cm³/mol. The first kappa shape index (κ1) is 32.0. The SMILES string of the molecule is Cc1cc(C)c(-c2[c-]c(-c3cc(C(C)(C)C)cc4c3[n-]c3ccc(C(C)(C)C)cc34)c(C)cc2C)[c-]c1-c1ccccn1.[Au+3]. The molecular weight excluding hydrogens is 717 g/mol. The van der Waals surface area contributed by atoms with Gasteiger partial charge in [0, 0.05) is 11.9 Å². The van der Waals surface area contributed by atoms with Crippen LogP contribution < -0.4 is 4.98 Å². The van der Waals surface area contributed by atoms with Gasteiger partial charge in [-0.15, -0.1) is 51.0 Å². The summed E-state index contributed by atoms with van der Waals surface area (Å²) in [4.78, 5) is 9.89. The van der Waals surface area contributed by atoms with E-state index in [0.717, 1.165) is 44.5 Å². The van der Waals surface area contributed by atoms with Gasteiger partial charge in [0.2, 0.25) is 0 Å². The standard InChI is InChI=1S/C41H41N2.Au/c1-24-17-26(3)32(22-30(24)31-23-33(27(4)18-25(31)2)37-13-11-12-16-42-37)35-20-29(41(8,9)10)21-36-34-19-28(40(5,6)7)14-15-38(34)43-39(35)36;/h11-21H,1-10H3;/q-3;+3. The van der Waals surface area contributed by atoms with Crippen LogP contribution >= 0.6 is 0 Å². The largest absolute Gasteiger partial charge is 3.00 e. The minimum Gasteiger partial charge on any atom is -0.663 e. The van der Waals surface area contributed by atoms with E-state index in [-0.39, 0.29) is 33.2 Å². The van der Waals surface area contributed by atoms with Gasteiger partial charge < -0.3 is 4.98 Å². The number of hydrogen-bond acceptors (Lipinski definition) is 1. The fourth-order valence-corrected chi connectivity index (χ4v) is 6.18. The van der Waals surface area contributed by atoms with Crippen molar-refractivity contribution in [3.8, 4) is 33.5 Å². The topological polar surface area (TPSA) is 27.0 Å². The van der Waals surface area contributed by atoms with Crippen molar-refractivity contribution in [2.45, 2.75) is 80.1 Å². The Balaban J connectivity index is 0.00000384. The van der Waals surface area contributed by atoms with Crippen LogP contribution in [0.15, 0.2) is 66.9 Å². The molecule has 0 saturated carbocycles. The van der Waals surface area contributed by atoms with Crippen LogP contribution in [0.2, 0.25) is 0 Å². The molecule has 0 atom stereocenters. The second kappa shape index (κ2) is 11.5. The number of fused-ring (bicyclic) bond motifs is 3. The first-order valence-corrected chi connectivity index (χ1v) is 15.3. The van der Waals surface area contributed by atoms with Crippen LogP contribution in [0.4, 0.5) is 0 Å². The molecule has 0 aliphatic carbocycles. The second-order valence-corrected chi connectivity index (χ2v) is 14.2. The molecule has 0 bridgehead atoms. The molecule has 2 heterocycles. The van der Waals surface area contributed by atoms with Crippen molar-refractivity contribution in [1.29, 1.82) is 0 Å². The fourth-order valence-electron chi connectivity index (χ4n) is 6.18.